The molecule has 0 bridgehead atoms. The van der Waals surface area contributed by atoms with Gasteiger partial charge in [-0.3, -0.25) is 11.3 Å². The molecule has 1 aromatic rings. The molecule has 19 heavy (non-hydrogen) atoms. The van der Waals surface area contributed by atoms with E-state index < -0.39 is 11.7 Å². The van der Waals surface area contributed by atoms with E-state index in [1.807, 2.05) is 0 Å². The summed E-state index contributed by atoms with van der Waals surface area (Å²) in [6, 6.07) is 4.74. The van der Waals surface area contributed by atoms with Crippen molar-refractivity contribution < 1.29 is 17.9 Å². The van der Waals surface area contributed by atoms with Crippen molar-refractivity contribution in [3.8, 4) is 0 Å². The monoisotopic (exact) mass is 274 g/mol. The van der Waals surface area contributed by atoms with Crippen LogP contribution in [0.4, 0.5) is 13.2 Å². The van der Waals surface area contributed by atoms with E-state index in [-0.39, 0.29) is 12.1 Å². The summed E-state index contributed by atoms with van der Waals surface area (Å²) in [6.45, 7) is 0. The second-order valence-corrected chi connectivity index (χ2v) is 4.80. The SMILES string of the molecule is COC(C1CC1)C(NN)c1ccc(C(F)(F)F)cc1. The van der Waals surface area contributed by atoms with Crippen LogP contribution in [0, 0.1) is 5.92 Å². The van der Waals surface area contributed by atoms with Gasteiger partial charge in [-0.05, 0) is 36.5 Å². The Hall–Kier alpha value is -1.11. The van der Waals surface area contributed by atoms with Crippen molar-refractivity contribution in [3.63, 3.8) is 0 Å². The molecule has 0 saturated heterocycles. The molecule has 3 N–H and O–H groups in total. The second kappa shape index (κ2) is 5.48. The Kier molecular flexibility index (Phi) is 4.13. The topological polar surface area (TPSA) is 47.3 Å². The van der Waals surface area contributed by atoms with Crippen LogP contribution in [0.1, 0.15) is 30.0 Å². The van der Waals surface area contributed by atoms with E-state index in [1.165, 1.54) is 12.1 Å². The summed E-state index contributed by atoms with van der Waals surface area (Å²) in [5.41, 5.74) is 2.69. The lowest BCUT2D eigenvalue weighted by Gasteiger charge is -2.26. The fourth-order valence-corrected chi connectivity index (χ4v) is 2.29. The van der Waals surface area contributed by atoms with Crippen molar-refractivity contribution in [1.82, 2.24) is 5.43 Å². The lowest BCUT2D eigenvalue weighted by atomic mass is 9.97. The van der Waals surface area contributed by atoms with Gasteiger partial charge in [-0.2, -0.15) is 13.2 Å². The normalized spacial score (nSPS) is 19.2. The minimum atomic E-state index is -4.32. The molecule has 1 aromatic carbocycles. The van der Waals surface area contributed by atoms with Crippen LogP contribution in [0.15, 0.2) is 24.3 Å². The molecule has 2 atom stereocenters. The summed E-state index contributed by atoms with van der Waals surface area (Å²) in [5.74, 6) is 5.94. The molecule has 1 fully saturated rings. The molecule has 0 heterocycles. The number of benzene rings is 1. The molecule has 1 saturated carbocycles. The zero-order valence-electron chi connectivity index (χ0n) is 10.6. The number of ether oxygens (including phenoxy) is 1. The Morgan fingerprint density at radius 1 is 1.26 bits per heavy atom. The Bertz CT molecular complexity index is 415. The molecule has 0 aromatic heterocycles. The highest BCUT2D eigenvalue weighted by Crippen LogP contribution is 2.40. The molecule has 0 radical (unpaired) electrons. The van der Waals surface area contributed by atoms with Crippen LogP contribution in [0.5, 0.6) is 0 Å². The van der Waals surface area contributed by atoms with Gasteiger partial charge in [0.25, 0.3) is 0 Å². The van der Waals surface area contributed by atoms with Gasteiger partial charge in [0, 0.05) is 7.11 Å². The average Bonchev–Trinajstić information content (AvgIpc) is 3.19. The summed E-state index contributed by atoms with van der Waals surface area (Å²) in [6.07, 6.45) is -2.29. The molecule has 1 aliphatic carbocycles. The Morgan fingerprint density at radius 2 is 1.84 bits per heavy atom. The van der Waals surface area contributed by atoms with Crippen LogP contribution >= 0.6 is 0 Å². The van der Waals surface area contributed by atoms with Crippen LogP contribution in [-0.4, -0.2) is 13.2 Å². The number of methoxy groups -OCH3 is 1. The van der Waals surface area contributed by atoms with Crippen molar-refractivity contribution in [2.45, 2.75) is 31.2 Å². The minimum Gasteiger partial charge on any atom is -0.379 e. The average molecular weight is 274 g/mol. The first-order chi connectivity index (χ1) is 8.97. The number of hydrogen-bond acceptors (Lipinski definition) is 3. The summed E-state index contributed by atoms with van der Waals surface area (Å²) in [4.78, 5) is 0. The molecule has 3 nitrogen and oxygen atoms in total. The standard InChI is InChI=1S/C13H17F3N2O/c1-19-12(9-2-3-9)11(18-17)8-4-6-10(7-5-8)13(14,15)16/h4-7,9,11-12,18H,2-3,17H2,1H3. The Morgan fingerprint density at radius 3 is 2.21 bits per heavy atom. The molecule has 6 heteroatoms. The number of halogens is 3. The van der Waals surface area contributed by atoms with E-state index in [1.54, 1.807) is 7.11 Å². The number of hydrogen-bond donors (Lipinski definition) is 2. The molecule has 0 spiro atoms. The first kappa shape index (κ1) is 14.3. The highest BCUT2D eigenvalue weighted by atomic mass is 19.4. The Balaban J connectivity index is 2.18. The lowest BCUT2D eigenvalue weighted by Crippen LogP contribution is -2.38. The van der Waals surface area contributed by atoms with Gasteiger partial charge in [-0.15, -0.1) is 0 Å². The quantitative estimate of drug-likeness (QED) is 0.641. The summed E-state index contributed by atoms with van der Waals surface area (Å²) in [7, 11) is 1.59. The number of hydrazine groups is 1. The molecular formula is C13H17F3N2O. The van der Waals surface area contributed by atoms with Crippen LogP contribution in [0.25, 0.3) is 0 Å². The van der Waals surface area contributed by atoms with Crippen molar-refractivity contribution in [3.05, 3.63) is 35.4 Å². The smallest absolute Gasteiger partial charge is 0.379 e. The maximum absolute atomic E-state index is 12.5. The second-order valence-electron chi connectivity index (χ2n) is 4.80. The molecule has 0 aliphatic heterocycles. The fraction of sp³-hybridized carbons (Fsp3) is 0.538. The van der Waals surface area contributed by atoms with Gasteiger partial charge >= 0.3 is 6.18 Å². The third kappa shape index (κ3) is 3.26. The highest BCUT2D eigenvalue weighted by molar-refractivity contribution is 5.27. The van der Waals surface area contributed by atoms with Crippen molar-refractivity contribution in [2.75, 3.05) is 7.11 Å². The maximum Gasteiger partial charge on any atom is 0.416 e. The molecule has 2 unspecified atom stereocenters. The van der Waals surface area contributed by atoms with Gasteiger partial charge in [0.05, 0.1) is 17.7 Å². The summed E-state index contributed by atoms with van der Waals surface area (Å²) >= 11 is 0. The van der Waals surface area contributed by atoms with Crippen molar-refractivity contribution in [1.29, 1.82) is 0 Å². The largest absolute Gasteiger partial charge is 0.416 e. The minimum absolute atomic E-state index is 0.110. The molecular weight excluding hydrogens is 257 g/mol. The van der Waals surface area contributed by atoms with Gasteiger partial charge in [0.15, 0.2) is 0 Å². The third-order valence-electron chi connectivity index (χ3n) is 3.46. The number of rotatable bonds is 5. The van der Waals surface area contributed by atoms with Gasteiger partial charge in [0.2, 0.25) is 0 Å². The van der Waals surface area contributed by atoms with E-state index in [0.29, 0.717) is 11.5 Å². The van der Waals surface area contributed by atoms with Crippen LogP contribution in [0.2, 0.25) is 0 Å². The third-order valence-corrected chi connectivity index (χ3v) is 3.46. The van der Waals surface area contributed by atoms with E-state index >= 15 is 0 Å². The Labute approximate surface area is 109 Å². The zero-order valence-corrected chi connectivity index (χ0v) is 10.6. The molecule has 2 rings (SSSR count). The van der Waals surface area contributed by atoms with Crippen LogP contribution in [0.3, 0.4) is 0 Å². The predicted octanol–water partition coefficient (Wildman–Crippen LogP) is 2.63. The van der Waals surface area contributed by atoms with E-state index in [9.17, 15) is 13.2 Å². The van der Waals surface area contributed by atoms with Gasteiger partial charge < -0.3 is 4.74 Å². The first-order valence-corrected chi connectivity index (χ1v) is 6.13. The van der Waals surface area contributed by atoms with Crippen molar-refractivity contribution in [2.24, 2.45) is 11.8 Å². The molecule has 0 amide bonds. The maximum atomic E-state index is 12.5. The number of nitrogens with two attached hydrogens (primary N) is 1. The number of nitrogens with one attached hydrogen (secondary N) is 1. The van der Waals surface area contributed by atoms with Crippen LogP contribution < -0.4 is 11.3 Å². The zero-order chi connectivity index (χ0) is 14.0. The van der Waals surface area contributed by atoms with Crippen molar-refractivity contribution >= 4 is 0 Å². The highest BCUT2D eigenvalue weighted by Gasteiger charge is 2.37. The van der Waals surface area contributed by atoms with Gasteiger partial charge in [-0.25, -0.2) is 0 Å². The summed E-state index contributed by atoms with van der Waals surface area (Å²) < 4.78 is 42.9. The first-order valence-electron chi connectivity index (χ1n) is 6.13. The summed E-state index contributed by atoms with van der Waals surface area (Å²) in [5, 5.41) is 0. The number of alkyl halides is 3. The van der Waals surface area contributed by atoms with Gasteiger partial charge in [0.1, 0.15) is 0 Å². The fourth-order valence-electron chi connectivity index (χ4n) is 2.29. The van der Waals surface area contributed by atoms with E-state index in [2.05, 4.69) is 5.43 Å². The predicted molar refractivity (Wildman–Crippen MR) is 65.0 cm³/mol. The van der Waals surface area contributed by atoms with Gasteiger partial charge in [-0.1, -0.05) is 12.1 Å². The van der Waals surface area contributed by atoms with E-state index in [0.717, 1.165) is 25.0 Å². The molecule has 106 valence electrons. The van der Waals surface area contributed by atoms with Crippen LogP contribution in [-0.2, 0) is 10.9 Å². The molecule has 1 aliphatic rings. The lowest BCUT2D eigenvalue weighted by molar-refractivity contribution is -0.137. The van der Waals surface area contributed by atoms with E-state index in [4.69, 9.17) is 10.6 Å².